The zero-order valence-corrected chi connectivity index (χ0v) is 14.7. The molecule has 0 aliphatic heterocycles. The molecule has 0 bridgehead atoms. The highest BCUT2D eigenvalue weighted by Gasteiger charge is 2.26. The summed E-state index contributed by atoms with van der Waals surface area (Å²) in [6.45, 7) is 3.09. The van der Waals surface area contributed by atoms with E-state index in [1.165, 1.54) is 18.4 Å². The van der Waals surface area contributed by atoms with Gasteiger partial charge in [-0.25, -0.2) is 18.1 Å². The van der Waals surface area contributed by atoms with Crippen LogP contribution in [-0.4, -0.2) is 28.2 Å². The van der Waals surface area contributed by atoms with Gasteiger partial charge in [-0.05, 0) is 43.6 Å². The first-order valence-corrected chi connectivity index (χ1v) is 10.2. The van der Waals surface area contributed by atoms with Crippen LogP contribution in [0, 0.1) is 5.92 Å². The quantitative estimate of drug-likeness (QED) is 0.793. The molecule has 1 saturated carbocycles. The fourth-order valence-corrected chi connectivity index (χ4v) is 4.31. The second kappa shape index (κ2) is 6.00. The van der Waals surface area contributed by atoms with Crippen LogP contribution in [0.1, 0.15) is 49.0 Å². The normalized spacial score (nSPS) is 17.4. The molecule has 0 spiro atoms. The number of aromatic nitrogens is 4. The van der Waals surface area contributed by atoms with E-state index < -0.39 is 10.0 Å². The van der Waals surface area contributed by atoms with E-state index in [1.807, 2.05) is 11.5 Å². The number of aryl methyl sites for hydroxylation is 2. The molecule has 0 saturated heterocycles. The number of rotatable bonds is 7. The van der Waals surface area contributed by atoms with Crippen LogP contribution in [0.25, 0.3) is 0 Å². The van der Waals surface area contributed by atoms with Gasteiger partial charge in [0.15, 0.2) is 5.03 Å². The van der Waals surface area contributed by atoms with Gasteiger partial charge in [-0.3, -0.25) is 5.10 Å². The van der Waals surface area contributed by atoms with Gasteiger partial charge in [0.05, 0.1) is 12.2 Å². The summed E-state index contributed by atoms with van der Waals surface area (Å²) in [7, 11) is -3.62. The molecule has 7 nitrogen and oxygen atoms in total. The SMILES string of the molecule is CCc1nc(S(=O)(=O)NCc2n[nH]c3c2CCC3)cn1CC1CC1. The second-order valence-electron chi connectivity index (χ2n) is 6.75. The van der Waals surface area contributed by atoms with E-state index in [1.54, 1.807) is 6.20 Å². The van der Waals surface area contributed by atoms with E-state index in [9.17, 15) is 8.42 Å². The molecule has 0 atom stereocenters. The number of fused-ring (bicyclic) bond motifs is 1. The van der Waals surface area contributed by atoms with Gasteiger partial charge >= 0.3 is 0 Å². The minimum absolute atomic E-state index is 0.118. The molecule has 0 radical (unpaired) electrons. The Balaban J connectivity index is 1.50. The van der Waals surface area contributed by atoms with E-state index >= 15 is 0 Å². The van der Waals surface area contributed by atoms with Crippen molar-refractivity contribution < 1.29 is 8.42 Å². The topological polar surface area (TPSA) is 92.7 Å². The first kappa shape index (κ1) is 15.8. The van der Waals surface area contributed by atoms with Crippen LogP contribution in [0.15, 0.2) is 11.2 Å². The number of hydrogen-bond acceptors (Lipinski definition) is 4. The monoisotopic (exact) mass is 349 g/mol. The lowest BCUT2D eigenvalue weighted by atomic mass is 10.2. The third kappa shape index (κ3) is 3.00. The molecular formula is C16H23N5O2S. The zero-order valence-electron chi connectivity index (χ0n) is 13.9. The predicted octanol–water partition coefficient (Wildman–Crippen LogP) is 1.55. The molecule has 2 aliphatic carbocycles. The van der Waals surface area contributed by atoms with Gasteiger partial charge in [-0.15, -0.1) is 0 Å². The molecular weight excluding hydrogens is 326 g/mol. The Kier molecular flexibility index (Phi) is 3.96. The number of nitrogens with zero attached hydrogens (tertiary/aromatic N) is 3. The lowest BCUT2D eigenvalue weighted by Crippen LogP contribution is -2.24. The summed E-state index contributed by atoms with van der Waals surface area (Å²) in [4.78, 5) is 4.34. The maximum absolute atomic E-state index is 12.6. The van der Waals surface area contributed by atoms with Crippen LogP contribution in [0.2, 0.25) is 0 Å². The van der Waals surface area contributed by atoms with Crippen molar-refractivity contribution >= 4 is 10.0 Å². The van der Waals surface area contributed by atoms with Gasteiger partial charge < -0.3 is 4.57 Å². The Bertz CT molecular complexity index is 848. The number of aromatic amines is 1. The number of hydrogen-bond donors (Lipinski definition) is 2. The molecule has 1 fully saturated rings. The van der Waals surface area contributed by atoms with Crippen LogP contribution in [0.3, 0.4) is 0 Å². The van der Waals surface area contributed by atoms with Crippen molar-refractivity contribution in [3.63, 3.8) is 0 Å². The number of nitrogens with one attached hydrogen (secondary N) is 2. The fraction of sp³-hybridized carbons (Fsp3) is 0.625. The average Bonchev–Trinajstić information content (AvgIpc) is 2.97. The lowest BCUT2D eigenvalue weighted by Gasteiger charge is -2.04. The minimum atomic E-state index is -3.62. The van der Waals surface area contributed by atoms with E-state index in [2.05, 4.69) is 19.9 Å². The molecule has 2 aromatic rings. The molecule has 2 aromatic heterocycles. The van der Waals surface area contributed by atoms with Gasteiger partial charge in [-0.1, -0.05) is 6.92 Å². The largest absolute Gasteiger partial charge is 0.333 e. The number of sulfonamides is 1. The Hall–Kier alpha value is -1.67. The minimum Gasteiger partial charge on any atom is -0.333 e. The number of H-pyrrole nitrogens is 1. The van der Waals surface area contributed by atoms with Gasteiger partial charge in [0, 0.05) is 24.9 Å². The molecule has 2 heterocycles. The molecule has 2 N–H and O–H groups in total. The van der Waals surface area contributed by atoms with E-state index in [0.29, 0.717) is 5.92 Å². The van der Waals surface area contributed by atoms with Gasteiger partial charge in [0.2, 0.25) is 0 Å². The summed E-state index contributed by atoms with van der Waals surface area (Å²) in [6.07, 6.45) is 7.94. The molecule has 130 valence electrons. The maximum atomic E-state index is 12.6. The van der Waals surface area contributed by atoms with Crippen LogP contribution in [0.4, 0.5) is 0 Å². The van der Waals surface area contributed by atoms with E-state index in [-0.39, 0.29) is 11.6 Å². The van der Waals surface area contributed by atoms with Gasteiger partial charge in [0.1, 0.15) is 5.82 Å². The Morgan fingerprint density at radius 1 is 1.38 bits per heavy atom. The molecule has 24 heavy (non-hydrogen) atoms. The zero-order chi connectivity index (χ0) is 16.7. The highest BCUT2D eigenvalue weighted by atomic mass is 32.2. The Morgan fingerprint density at radius 3 is 2.96 bits per heavy atom. The predicted molar refractivity (Wildman–Crippen MR) is 89.0 cm³/mol. The first-order chi connectivity index (χ1) is 11.6. The molecule has 0 unspecified atom stereocenters. The van der Waals surface area contributed by atoms with Crippen LogP contribution in [-0.2, 0) is 42.4 Å². The third-order valence-corrected chi connectivity index (χ3v) is 6.17. The molecule has 2 aliphatic rings. The van der Waals surface area contributed by atoms with E-state index in [4.69, 9.17) is 0 Å². The summed E-state index contributed by atoms with van der Waals surface area (Å²) in [5.74, 6) is 1.52. The summed E-state index contributed by atoms with van der Waals surface area (Å²) in [5, 5.41) is 7.37. The fourth-order valence-electron chi connectivity index (χ4n) is 3.35. The van der Waals surface area contributed by atoms with E-state index in [0.717, 1.165) is 49.4 Å². The van der Waals surface area contributed by atoms with Crippen molar-refractivity contribution in [3.05, 3.63) is 29.0 Å². The maximum Gasteiger partial charge on any atom is 0.259 e. The smallest absolute Gasteiger partial charge is 0.259 e. The Morgan fingerprint density at radius 2 is 2.21 bits per heavy atom. The van der Waals surface area contributed by atoms with Crippen molar-refractivity contribution in [3.8, 4) is 0 Å². The molecule has 4 rings (SSSR count). The van der Waals surface area contributed by atoms with Gasteiger partial charge in [0.25, 0.3) is 10.0 Å². The third-order valence-electron chi connectivity index (χ3n) is 4.90. The highest BCUT2D eigenvalue weighted by Crippen LogP contribution is 2.31. The molecule has 8 heteroatoms. The average molecular weight is 349 g/mol. The van der Waals surface area contributed by atoms with Gasteiger partial charge in [-0.2, -0.15) is 5.10 Å². The van der Waals surface area contributed by atoms with Crippen molar-refractivity contribution in [2.75, 3.05) is 0 Å². The Labute approximate surface area is 141 Å². The highest BCUT2D eigenvalue weighted by molar-refractivity contribution is 7.89. The molecule has 0 amide bonds. The van der Waals surface area contributed by atoms with Crippen LogP contribution < -0.4 is 4.72 Å². The summed E-state index contributed by atoms with van der Waals surface area (Å²) in [5.41, 5.74) is 3.12. The molecule has 0 aromatic carbocycles. The number of imidazole rings is 1. The summed E-state index contributed by atoms with van der Waals surface area (Å²) in [6, 6.07) is 0. The lowest BCUT2D eigenvalue weighted by molar-refractivity contribution is 0.575. The van der Waals surface area contributed by atoms with Crippen molar-refractivity contribution in [2.24, 2.45) is 5.92 Å². The van der Waals surface area contributed by atoms with Crippen LogP contribution in [0.5, 0.6) is 0 Å². The first-order valence-electron chi connectivity index (χ1n) is 8.67. The van der Waals surface area contributed by atoms with Crippen LogP contribution >= 0.6 is 0 Å². The van der Waals surface area contributed by atoms with Crippen molar-refractivity contribution in [2.45, 2.75) is 63.6 Å². The van der Waals surface area contributed by atoms with Crippen molar-refractivity contribution in [1.82, 2.24) is 24.5 Å². The summed E-state index contributed by atoms with van der Waals surface area (Å²) < 4.78 is 29.8. The second-order valence-corrected chi connectivity index (χ2v) is 8.46. The standard InChI is InChI=1S/C16H23N5O2S/c1-2-15-18-16(10-21(15)9-11-6-7-11)24(22,23)17-8-14-12-4-3-5-13(12)19-20-14/h10-11,17H,2-9H2,1H3,(H,19,20). The van der Waals surface area contributed by atoms with Crippen molar-refractivity contribution in [1.29, 1.82) is 0 Å². The summed E-state index contributed by atoms with van der Waals surface area (Å²) >= 11 is 0.